The van der Waals surface area contributed by atoms with E-state index in [-0.39, 0.29) is 23.8 Å². The summed E-state index contributed by atoms with van der Waals surface area (Å²) in [7, 11) is 1.62. The Kier molecular flexibility index (Phi) is 9.89. The quantitative estimate of drug-likeness (QED) is 0.318. The van der Waals surface area contributed by atoms with Gasteiger partial charge < -0.3 is 15.0 Å². The molecule has 0 unspecified atom stereocenters. The molecule has 0 saturated carbocycles. The summed E-state index contributed by atoms with van der Waals surface area (Å²) in [6, 6.07) is 19.4. The summed E-state index contributed by atoms with van der Waals surface area (Å²) in [6.07, 6.45) is 3.98. The number of aryl methyl sites for hydroxylation is 1. The molecule has 7 nitrogen and oxygen atoms in total. The second-order valence-corrected chi connectivity index (χ2v) is 10.3. The predicted octanol–water partition coefficient (Wildman–Crippen LogP) is 5.77. The van der Waals surface area contributed by atoms with E-state index in [2.05, 4.69) is 33.0 Å². The zero-order valence-electron chi connectivity index (χ0n) is 22.8. The number of rotatable bonds is 12. The van der Waals surface area contributed by atoms with Crippen LogP contribution < -0.4 is 10.1 Å². The fraction of sp³-hybridized carbons (Fsp3) is 0.433. The van der Waals surface area contributed by atoms with Crippen LogP contribution in [0.25, 0.3) is 5.69 Å². The van der Waals surface area contributed by atoms with Crippen LogP contribution in [-0.2, 0) is 21.4 Å². The smallest absolute Gasteiger partial charge is 0.245 e. The first-order valence-electron chi connectivity index (χ1n) is 13.1. The highest BCUT2D eigenvalue weighted by Crippen LogP contribution is 2.27. The number of benzene rings is 2. The average molecular weight is 505 g/mol. The summed E-state index contributed by atoms with van der Waals surface area (Å²) in [4.78, 5) is 28.0. The molecule has 7 heteroatoms. The Bertz CT molecular complexity index is 1150. The minimum Gasteiger partial charge on any atom is -0.497 e. The zero-order chi connectivity index (χ0) is 26.8. The van der Waals surface area contributed by atoms with Gasteiger partial charge in [0.2, 0.25) is 11.8 Å². The van der Waals surface area contributed by atoms with Gasteiger partial charge in [-0.15, -0.1) is 0 Å². The molecule has 0 aliphatic rings. The van der Waals surface area contributed by atoms with Gasteiger partial charge in [-0.1, -0.05) is 70.9 Å². The molecular weight excluding hydrogens is 464 g/mol. The Morgan fingerprint density at radius 2 is 1.73 bits per heavy atom. The van der Waals surface area contributed by atoms with Crippen LogP contribution in [0.5, 0.6) is 5.75 Å². The van der Waals surface area contributed by atoms with Crippen molar-refractivity contribution in [3.63, 3.8) is 0 Å². The van der Waals surface area contributed by atoms with Gasteiger partial charge >= 0.3 is 0 Å². The average Bonchev–Trinajstić information content (AvgIpc) is 3.31. The Hall–Kier alpha value is -3.61. The molecule has 0 fully saturated rings. The molecule has 2 amide bonds. The van der Waals surface area contributed by atoms with Gasteiger partial charge in [0.15, 0.2) is 0 Å². The van der Waals surface area contributed by atoms with E-state index in [1.165, 1.54) is 0 Å². The number of aromatic nitrogens is 2. The van der Waals surface area contributed by atoms with E-state index >= 15 is 0 Å². The first-order chi connectivity index (χ1) is 17.7. The lowest BCUT2D eigenvalue weighted by Gasteiger charge is -2.22. The highest BCUT2D eigenvalue weighted by atomic mass is 16.5. The molecule has 0 aliphatic heterocycles. The van der Waals surface area contributed by atoms with Crippen LogP contribution in [0, 0.1) is 0 Å². The Morgan fingerprint density at radius 3 is 2.35 bits per heavy atom. The monoisotopic (exact) mass is 504 g/mol. The van der Waals surface area contributed by atoms with Crippen LogP contribution in [0.4, 0.5) is 5.82 Å². The normalized spacial score (nSPS) is 11.3. The number of carbonyl (C=O) groups is 2. The molecule has 0 atom stereocenters. The van der Waals surface area contributed by atoms with Crippen molar-refractivity contribution in [2.24, 2.45) is 0 Å². The van der Waals surface area contributed by atoms with Crippen LogP contribution in [0.1, 0.15) is 64.6 Å². The summed E-state index contributed by atoms with van der Waals surface area (Å²) in [6.45, 7) is 8.96. The number of hydrogen-bond donors (Lipinski definition) is 1. The zero-order valence-corrected chi connectivity index (χ0v) is 22.8. The third kappa shape index (κ3) is 8.20. The van der Waals surface area contributed by atoms with Crippen molar-refractivity contribution in [2.75, 3.05) is 25.5 Å². The number of hydrogen-bond acceptors (Lipinski definition) is 4. The number of methoxy groups -OCH3 is 1. The van der Waals surface area contributed by atoms with E-state index < -0.39 is 0 Å². The van der Waals surface area contributed by atoms with Crippen molar-refractivity contribution < 1.29 is 14.3 Å². The van der Waals surface area contributed by atoms with Crippen molar-refractivity contribution in [1.82, 2.24) is 14.7 Å². The molecule has 0 spiro atoms. The lowest BCUT2D eigenvalue weighted by Crippen LogP contribution is -2.39. The van der Waals surface area contributed by atoms with Crippen molar-refractivity contribution in [2.45, 2.75) is 65.2 Å². The maximum Gasteiger partial charge on any atom is 0.245 e. The molecule has 37 heavy (non-hydrogen) atoms. The molecule has 3 rings (SSSR count). The number of amides is 2. The van der Waals surface area contributed by atoms with Gasteiger partial charge in [-0.2, -0.15) is 5.10 Å². The number of nitrogens with zero attached hydrogens (tertiary/aromatic N) is 3. The summed E-state index contributed by atoms with van der Waals surface area (Å²) in [5.41, 5.74) is 2.59. The van der Waals surface area contributed by atoms with Gasteiger partial charge in [-0.25, -0.2) is 4.68 Å². The fourth-order valence-electron chi connectivity index (χ4n) is 4.01. The van der Waals surface area contributed by atoms with Crippen molar-refractivity contribution >= 4 is 17.6 Å². The van der Waals surface area contributed by atoms with Gasteiger partial charge in [0.05, 0.1) is 25.0 Å². The number of carbonyl (C=O) groups excluding carboxylic acids is 2. The van der Waals surface area contributed by atoms with Gasteiger partial charge in [0, 0.05) is 24.4 Å². The van der Waals surface area contributed by atoms with E-state index in [0.717, 1.165) is 42.0 Å². The minimum absolute atomic E-state index is 0.00542. The van der Waals surface area contributed by atoms with E-state index in [9.17, 15) is 9.59 Å². The van der Waals surface area contributed by atoms with Crippen molar-refractivity contribution in [3.05, 3.63) is 71.9 Å². The van der Waals surface area contributed by atoms with E-state index in [4.69, 9.17) is 9.84 Å². The van der Waals surface area contributed by atoms with Crippen LogP contribution in [0.15, 0.2) is 60.7 Å². The molecule has 0 bridgehead atoms. The largest absolute Gasteiger partial charge is 0.497 e. The first kappa shape index (κ1) is 28.0. The molecule has 0 aliphatic carbocycles. The second kappa shape index (κ2) is 13.1. The minimum atomic E-state index is -0.236. The van der Waals surface area contributed by atoms with E-state index in [0.29, 0.717) is 25.2 Å². The van der Waals surface area contributed by atoms with Gasteiger partial charge in [0.1, 0.15) is 11.6 Å². The molecule has 3 aromatic rings. The molecule has 2 aromatic carbocycles. The molecule has 1 N–H and O–H groups in total. The van der Waals surface area contributed by atoms with Crippen molar-refractivity contribution in [3.8, 4) is 11.4 Å². The topological polar surface area (TPSA) is 76.5 Å². The van der Waals surface area contributed by atoms with E-state index in [1.54, 1.807) is 16.7 Å². The Morgan fingerprint density at radius 1 is 1.03 bits per heavy atom. The summed E-state index contributed by atoms with van der Waals surface area (Å²) in [5, 5.41) is 7.79. The maximum absolute atomic E-state index is 13.2. The fourth-order valence-corrected chi connectivity index (χ4v) is 4.01. The molecule has 0 radical (unpaired) electrons. The second-order valence-electron chi connectivity index (χ2n) is 10.3. The summed E-state index contributed by atoms with van der Waals surface area (Å²) >= 11 is 0. The standard InChI is InChI=1S/C30H40N4O3/c1-6-7-11-20-33(29(36)19-14-23-12-9-8-10-13-23)22-28(35)31-27-21-26(30(2,3)4)32-34(27)24-15-17-25(37-5)18-16-24/h8-10,12-13,15-18,21H,6-7,11,14,19-20,22H2,1-5H3,(H,31,35). The number of nitrogens with one attached hydrogen (secondary N) is 1. The number of anilines is 1. The van der Waals surface area contributed by atoms with E-state index in [1.807, 2.05) is 60.7 Å². The van der Waals surface area contributed by atoms with Gasteiger partial charge in [-0.3, -0.25) is 9.59 Å². The van der Waals surface area contributed by atoms with Crippen LogP contribution in [0.2, 0.25) is 0 Å². The van der Waals surface area contributed by atoms with Crippen LogP contribution >= 0.6 is 0 Å². The van der Waals surface area contributed by atoms with Crippen LogP contribution in [-0.4, -0.2) is 46.7 Å². The molecule has 1 aromatic heterocycles. The number of unbranched alkanes of at least 4 members (excludes halogenated alkanes) is 2. The summed E-state index contributed by atoms with van der Waals surface area (Å²) < 4.78 is 7.01. The highest BCUT2D eigenvalue weighted by molar-refractivity contribution is 5.94. The Balaban J connectivity index is 1.76. The third-order valence-electron chi connectivity index (χ3n) is 6.25. The highest BCUT2D eigenvalue weighted by Gasteiger charge is 2.23. The predicted molar refractivity (Wildman–Crippen MR) is 148 cm³/mol. The third-order valence-corrected chi connectivity index (χ3v) is 6.25. The summed E-state index contributed by atoms with van der Waals surface area (Å²) in [5.74, 6) is 1.08. The maximum atomic E-state index is 13.2. The molecule has 1 heterocycles. The lowest BCUT2D eigenvalue weighted by molar-refractivity contribution is -0.134. The number of ether oxygens (including phenoxy) is 1. The van der Waals surface area contributed by atoms with Crippen molar-refractivity contribution in [1.29, 1.82) is 0 Å². The van der Waals surface area contributed by atoms with Crippen LogP contribution in [0.3, 0.4) is 0 Å². The van der Waals surface area contributed by atoms with Gasteiger partial charge in [-0.05, 0) is 42.7 Å². The first-order valence-corrected chi connectivity index (χ1v) is 13.1. The Labute approximate surface area is 220 Å². The molecule has 198 valence electrons. The molecular formula is C30H40N4O3. The lowest BCUT2D eigenvalue weighted by atomic mass is 9.92. The SMILES string of the molecule is CCCCCN(CC(=O)Nc1cc(C(C)(C)C)nn1-c1ccc(OC)cc1)C(=O)CCc1ccccc1. The van der Waals surface area contributed by atoms with Gasteiger partial charge in [0.25, 0.3) is 0 Å². The molecule has 0 saturated heterocycles.